The van der Waals surface area contributed by atoms with Gasteiger partial charge in [0.2, 0.25) is 0 Å². The monoisotopic (exact) mass is 220 g/mol. The van der Waals surface area contributed by atoms with E-state index in [0.717, 1.165) is 0 Å². The maximum Gasteiger partial charge on any atom is 0.345 e. The van der Waals surface area contributed by atoms with Crippen LogP contribution in [0.1, 0.15) is 6.92 Å². The number of nitrogens with zero attached hydrogens (tertiary/aromatic N) is 4. The van der Waals surface area contributed by atoms with Crippen molar-refractivity contribution < 1.29 is 14.1 Å². The predicted octanol–water partition coefficient (Wildman–Crippen LogP) is -0.125. The first kappa shape index (κ1) is 11.9. The summed E-state index contributed by atoms with van der Waals surface area (Å²) < 4.78 is 7.95. The number of carbonyl (C=O) groups excluding carboxylic acids is 1. The molecule has 6 heteroatoms. The lowest BCUT2D eigenvalue weighted by Gasteiger charge is -1.99. The highest BCUT2D eigenvalue weighted by molar-refractivity contribution is 6.17. The second kappa shape index (κ2) is 5.63. The minimum Gasteiger partial charge on any atom is -0.763 e. The van der Waals surface area contributed by atoms with E-state index in [0.29, 0.717) is 0 Å². The molecule has 0 aliphatic heterocycles. The summed E-state index contributed by atoms with van der Waals surface area (Å²) in [4.78, 5) is 11.2. The number of rotatable bonds is 4. The van der Waals surface area contributed by atoms with E-state index >= 15 is 0 Å². The molecule has 0 N–H and O–H groups in total. The first-order valence-electron chi connectivity index (χ1n) is 4.69. The van der Waals surface area contributed by atoms with Crippen LogP contribution in [0.4, 0.5) is 0 Å². The van der Waals surface area contributed by atoms with Crippen molar-refractivity contribution in [3.63, 3.8) is 0 Å². The second-order valence-corrected chi connectivity index (χ2v) is 2.95. The molecule has 16 heavy (non-hydrogen) atoms. The van der Waals surface area contributed by atoms with Crippen LogP contribution >= 0.6 is 0 Å². The topological polar surface area (TPSA) is 69.8 Å². The lowest BCUT2D eigenvalue weighted by Crippen LogP contribution is -2.23. The summed E-state index contributed by atoms with van der Waals surface area (Å²) in [5.41, 5.74) is -0.127. The smallest absolute Gasteiger partial charge is 0.345 e. The van der Waals surface area contributed by atoms with Gasteiger partial charge >= 0.3 is 5.97 Å². The van der Waals surface area contributed by atoms with Crippen LogP contribution in [0, 0.1) is 0 Å². The van der Waals surface area contributed by atoms with Crippen molar-refractivity contribution in [1.82, 2.24) is 4.68 Å². The predicted molar refractivity (Wildman–Crippen MR) is 58.0 cm³/mol. The molecular weight excluding hydrogens is 208 g/mol. The summed E-state index contributed by atoms with van der Waals surface area (Å²) in [7, 11) is 1.84. The van der Waals surface area contributed by atoms with E-state index in [1.807, 2.05) is 7.05 Å². The van der Waals surface area contributed by atoms with Crippen molar-refractivity contribution in [3.8, 4) is 0 Å². The molecule has 0 atom stereocenters. The van der Waals surface area contributed by atoms with E-state index in [2.05, 4.69) is 9.84 Å². The third kappa shape index (κ3) is 3.18. The summed E-state index contributed by atoms with van der Waals surface area (Å²) in [6, 6.07) is 0. The van der Waals surface area contributed by atoms with Gasteiger partial charge in [-0.25, -0.2) is 9.36 Å². The Morgan fingerprint density at radius 3 is 3.00 bits per heavy atom. The van der Waals surface area contributed by atoms with Crippen LogP contribution in [0.25, 0.3) is 5.41 Å². The van der Waals surface area contributed by atoms with Gasteiger partial charge in [0.05, 0.1) is 19.9 Å². The standard InChI is InChI=1S/C10H12N4O2/c1-3-16-10(15)9(6-11)7-12-14-5-4-13(2)8-14/h4-5,7-8H,3H2,1-2H3/b12-7+. The SMILES string of the molecule is CCOC(=O)C(=C=[N-])/C=N/n1cc[n+](C)c1. The molecule has 0 bridgehead atoms. The highest BCUT2D eigenvalue weighted by Gasteiger charge is 2.06. The molecule has 0 unspecified atom stereocenters. The summed E-state index contributed by atoms with van der Waals surface area (Å²) in [5.74, 6) is 1.07. The molecule has 1 aromatic heterocycles. The largest absolute Gasteiger partial charge is 0.763 e. The summed E-state index contributed by atoms with van der Waals surface area (Å²) >= 11 is 0. The molecule has 0 aliphatic rings. The van der Waals surface area contributed by atoms with Gasteiger partial charge in [-0.3, -0.25) is 5.87 Å². The number of esters is 1. The van der Waals surface area contributed by atoms with Gasteiger partial charge in [-0.05, 0) is 6.92 Å². The molecule has 1 aromatic rings. The van der Waals surface area contributed by atoms with Gasteiger partial charge in [-0.2, -0.15) is 0 Å². The number of hydrogen-bond donors (Lipinski definition) is 0. The van der Waals surface area contributed by atoms with Crippen molar-refractivity contribution in [2.45, 2.75) is 6.92 Å². The maximum atomic E-state index is 11.2. The van der Waals surface area contributed by atoms with Crippen LogP contribution in [0.3, 0.4) is 0 Å². The lowest BCUT2D eigenvalue weighted by atomic mass is 10.3. The zero-order valence-electron chi connectivity index (χ0n) is 9.12. The number of hydrogen-bond acceptors (Lipinski definition) is 3. The van der Waals surface area contributed by atoms with Gasteiger partial charge < -0.3 is 10.1 Å². The molecule has 0 fully saturated rings. The van der Waals surface area contributed by atoms with Gasteiger partial charge in [0, 0.05) is 0 Å². The molecule has 84 valence electrons. The quantitative estimate of drug-likeness (QED) is 0.307. The zero-order valence-corrected chi connectivity index (χ0v) is 9.12. The van der Waals surface area contributed by atoms with Crippen LogP contribution < -0.4 is 4.57 Å². The Balaban J connectivity index is 2.75. The lowest BCUT2D eigenvalue weighted by molar-refractivity contribution is -0.671. The third-order valence-electron chi connectivity index (χ3n) is 1.69. The van der Waals surface area contributed by atoms with Gasteiger partial charge in [0.1, 0.15) is 11.8 Å². The Labute approximate surface area is 93.0 Å². The van der Waals surface area contributed by atoms with Crippen molar-refractivity contribution in [2.75, 3.05) is 6.61 Å². The maximum absolute atomic E-state index is 11.2. The minimum absolute atomic E-state index is 0.127. The van der Waals surface area contributed by atoms with E-state index < -0.39 is 5.97 Å². The van der Waals surface area contributed by atoms with Crippen LogP contribution in [0.15, 0.2) is 29.4 Å². The summed E-state index contributed by atoms with van der Waals surface area (Å²) in [6.07, 6.45) is 6.35. The Kier molecular flexibility index (Phi) is 4.17. The van der Waals surface area contributed by atoms with Gasteiger partial charge in [-0.1, -0.05) is 5.10 Å². The van der Waals surface area contributed by atoms with Gasteiger partial charge in [0.25, 0.3) is 6.33 Å². The minimum atomic E-state index is -0.662. The number of aryl methyl sites for hydroxylation is 1. The highest BCUT2D eigenvalue weighted by atomic mass is 16.5. The van der Waals surface area contributed by atoms with E-state index in [-0.39, 0.29) is 12.2 Å². The zero-order chi connectivity index (χ0) is 12.0. The molecule has 1 rings (SSSR count). The van der Waals surface area contributed by atoms with E-state index in [4.69, 9.17) is 5.41 Å². The van der Waals surface area contributed by atoms with E-state index in [1.165, 1.54) is 10.9 Å². The van der Waals surface area contributed by atoms with Crippen LogP contribution in [0.5, 0.6) is 0 Å². The Morgan fingerprint density at radius 2 is 2.50 bits per heavy atom. The van der Waals surface area contributed by atoms with E-state index in [1.54, 1.807) is 36.1 Å². The van der Waals surface area contributed by atoms with Crippen molar-refractivity contribution >= 4 is 18.1 Å². The average Bonchev–Trinajstić information content (AvgIpc) is 2.65. The van der Waals surface area contributed by atoms with Crippen molar-refractivity contribution in [2.24, 2.45) is 12.1 Å². The molecule has 1 heterocycles. The fourth-order valence-electron chi connectivity index (χ4n) is 0.966. The number of imidazole rings is 1. The molecule has 0 spiro atoms. The van der Waals surface area contributed by atoms with Crippen LogP contribution in [-0.4, -0.2) is 29.3 Å². The normalized spacial score (nSPS) is 10.1. The first-order valence-corrected chi connectivity index (χ1v) is 4.69. The molecule has 0 aliphatic carbocycles. The molecule has 0 amide bonds. The molecular formula is C10H12N4O2. The van der Waals surface area contributed by atoms with Gasteiger partial charge in [-0.15, -0.1) is 4.68 Å². The fourth-order valence-corrected chi connectivity index (χ4v) is 0.966. The second-order valence-electron chi connectivity index (χ2n) is 2.95. The number of carbonyl (C=O) groups is 1. The number of ether oxygens (including phenoxy) is 1. The molecule has 0 saturated heterocycles. The third-order valence-corrected chi connectivity index (χ3v) is 1.69. The van der Waals surface area contributed by atoms with Crippen LogP contribution in [-0.2, 0) is 16.6 Å². The van der Waals surface area contributed by atoms with Crippen LogP contribution in [0.2, 0.25) is 0 Å². The Morgan fingerprint density at radius 1 is 1.75 bits per heavy atom. The molecule has 0 saturated carbocycles. The molecule has 0 radical (unpaired) electrons. The first-order chi connectivity index (χ1) is 7.67. The summed E-state index contributed by atoms with van der Waals surface area (Å²) in [6.45, 7) is 1.91. The number of aromatic nitrogens is 2. The average molecular weight is 220 g/mol. The van der Waals surface area contributed by atoms with Gasteiger partial charge in [0.15, 0.2) is 6.20 Å². The molecule has 0 aromatic carbocycles. The molecule has 6 nitrogen and oxygen atoms in total. The summed E-state index contributed by atoms with van der Waals surface area (Å²) in [5, 5.41) is 12.6. The highest BCUT2D eigenvalue weighted by Crippen LogP contribution is 1.91. The van der Waals surface area contributed by atoms with E-state index in [9.17, 15) is 4.79 Å². The van der Waals surface area contributed by atoms with Crippen molar-refractivity contribution in [3.05, 3.63) is 29.7 Å². The Hall–Kier alpha value is -2.20. The van der Waals surface area contributed by atoms with Crippen molar-refractivity contribution in [1.29, 1.82) is 0 Å². The fraction of sp³-hybridized carbons (Fsp3) is 0.300. The Bertz CT molecular complexity index is 455.